The number of hydrogen-bond acceptors (Lipinski definition) is 3. The number of rotatable bonds is 4. The van der Waals surface area contributed by atoms with Crippen LogP contribution in [-0.2, 0) is 21.5 Å². The van der Waals surface area contributed by atoms with Crippen molar-refractivity contribution in [3.8, 4) is 0 Å². The van der Waals surface area contributed by atoms with Gasteiger partial charge in [-0.1, -0.05) is 31.2 Å². The van der Waals surface area contributed by atoms with Crippen LogP contribution in [0.15, 0.2) is 24.3 Å². The van der Waals surface area contributed by atoms with Crippen molar-refractivity contribution in [2.75, 3.05) is 6.54 Å². The van der Waals surface area contributed by atoms with Gasteiger partial charge < -0.3 is 10.6 Å². The van der Waals surface area contributed by atoms with E-state index in [0.717, 1.165) is 28.9 Å². The Morgan fingerprint density at radius 2 is 2.13 bits per heavy atom. The Balaban J connectivity index is 1.80. The summed E-state index contributed by atoms with van der Waals surface area (Å²) in [4.78, 5) is 38.2. The molecule has 0 aromatic heterocycles. The first kappa shape index (κ1) is 15.5. The molecular formula is C17H21N3O3. The maximum atomic E-state index is 12.9. The number of hydrogen-bond donors (Lipinski definition) is 2. The summed E-state index contributed by atoms with van der Waals surface area (Å²) in [6.45, 7) is 3.61. The monoisotopic (exact) mass is 315 g/mol. The van der Waals surface area contributed by atoms with Crippen LogP contribution >= 0.6 is 0 Å². The topological polar surface area (TPSA) is 78.5 Å². The van der Waals surface area contributed by atoms with E-state index in [-0.39, 0.29) is 24.4 Å². The number of urea groups is 1. The molecule has 2 N–H and O–H groups in total. The number of amides is 4. The number of nitrogens with zero attached hydrogens (tertiary/aromatic N) is 1. The molecule has 0 bridgehead atoms. The summed E-state index contributed by atoms with van der Waals surface area (Å²) in [5.74, 6) is -0.641. The smallest absolute Gasteiger partial charge is 0.325 e. The Labute approximate surface area is 135 Å². The summed E-state index contributed by atoms with van der Waals surface area (Å²) in [5.41, 5.74) is 0.930. The Morgan fingerprint density at radius 1 is 1.39 bits per heavy atom. The minimum absolute atomic E-state index is 0.0180. The maximum absolute atomic E-state index is 12.9. The molecule has 122 valence electrons. The van der Waals surface area contributed by atoms with Crippen molar-refractivity contribution in [3.05, 3.63) is 35.4 Å². The highest BCUT2D eigenvalue weighted by Gasteiger charge is 2.55. The molecular weight excluding hydrogens is 294 g/mol. The second-order valence-corrected chi connectivity index (χ2v) is 6.26. The zero-order valence-electron chi connectivity index (χ0n) is 13.4. The predicted octanol–water partition coefficient (Wildman–Crippen LogP) is 1.29. The van der Waals surface area contributed by atoms with Gasteiger partial charge in [-0.2, -0.15) is 0 Å². The van der Waals surface area contributed by atoms with Crippen molar-refractivity contribution in [3.63, 3.8) is 0 Å². The highest BCUT2D eigenvalue weighted by Crippen LogP contribution is 2.41. The maximum Gasteiger partial charge on any atom is 0.325 e. The summed E-state index contributed by atoms with van der Waals surface area (Å²) in [7, 11) is 0. The van der Waals surface area contributed by atoms with Gasteiger partial charge in [-0.3, -0.25) is 14.5 Å². The third-order valence-corrected chi connectivity index (χ3v) is 4.74. The summed E-state index contributed by atoms with van der Waals surface area (Å²) in [6, 6.07) is 7.17. The van der Waals surface area contributed by atoms with Gasteiger partial charge in [-0.05, 0) is 37.3 Å². The second kappa shape index (κ2) is 5.68. The lowest BCUT2D eigenvalue weighted by Gasteiger charge is -2.22. The Morgan fingerprint density at radius 3 is 2.87 bits per heavy atom. The molecule has 6 heteroatoms. The van der Waals surface area contributed by atoms with Crippen LogP contribution in [0.3, 0.4) is 0 Å². The Bertz CT molecular complexity index is 673. The van der Waals surface area contributed by atoms with Gasteiger partial charge in [0.2, 0.25) is 5.91 Å². The molecule has 1 spiro atoms. The number of carbonyl (C=O) groups excluding carboxylic acids is 3. The van der Waals surface area contributed by atoms with Gasteiger partial charge in [0.25, 0.3) is 5.91 Å². The lowest BCUT2D eigenvalue weighted by Crippen LogP contribution is -2.45. The van der Waals surface area contributed by atoms with E-state index in [1.54, 1.807) is 0 Å². The fraction of sp³-hybridized carbons (Fsp3) is 0.471. The quantitative estimate of drug-likeness (QED) is 0.822. The van der Waals surface area contributed by atoms with Crippen molar-refractivity contribution < 1.29 is 14.4 Å². The Hall–Kier alpha value is -2.37. The Kier molecular flexibility index (Phi) is 3.83. The lowest BCUT2D eigenvalue weighted by molar-refractivity contribution is -0.135. The second-order valence-electron chi connectivity index (χ2n) is 6.26. The molecule has 23 heavy (non-hydrogen) atoms. The predicted molar refractivity (Wildman–Crippen MR) is 84.6 cm³/mol. The average molecular weight is 315 g/mol. The molecule has 1 aliphatic heterocycles. The molecule has 3 rings (SSSR count). The highest BCUT2D eigenvalue weighted by atomic mass is 16.2. The molecule has 6 nitrogen and oxygen atoms in total. The first-order valence-corrected chi connectivity index (χ1v) is 8.00. The van der Waals surface area contributed by atoms with E-state index in [0.29, 0.717) is 6.42 Å². The van der Waals surface area contributed by atoms with Crippen molar-refractivity contribution in [1.82, 2.24) is 15.5 Å². The molecule has 2 atom stereocenters. The zero-order valence-corrected chi connectivity index (χ0v) is 13.4. The third kappa shape index (κ3) is 2.48. The number of carbonyl (C=O) groups is 3. The average Bonchev–Trinajstić information content (AvgIpc) is 3.02. The van der Waals surface area contributed by atoms with E-state index in [9.17, 15) is 14.4 Å². The van der Waals surface area contributed by atoms with E-state index in [1.165, 1.54) is 0 Å². The molecule has 1 fully saturated rings. The summed E-state index contributed by atoms with van der Waals surface area (Å²) in [5, 5.41) is 5.60. The molecule has 1 aliphatic carbocycles. The molecule has 1 aromatic rings. The lowest BCUT2D eigenvalue weighted by atomic mass is 9.92. The number of imide groups is 1. The fourth-order valence-electron chi connectivity index (χ4n) is 3.30. The molecule has 0 saturated carbocycles. The molecule has 4 amide bonds. The number of benzene rings is 1. The van der Waals surface area contributed by atoms with Crippen LogP contribution in [0.5, 0.6) is 0 Å². The van der Waals surface area contributed by atoms with Crippen molar-refractivity contribution in [1.29, 1.82) is 0 Å². The van der Waals surface area contributed by atoms with Crippen molar-refractivity contribution >= 4 is 17.8 Å². The fourth-order valence-corrected chi connectivity index (χ4v) is 3.30. The van der Waals surface area contributed by atoms with Crippen LogP contribution in [0, 0.1) is 0 Å². The first-order valence-electron chi connectivity index (χ1n) is 8.00. The summed E-state index contributed by atoms with van der Waals surface area (Å²) >= 11 is 0. The highest BCUT2D eigenvalue weighted by molar-refractivity contribution is 6.09. The molecule has 1 saturated heterocycles. The van der Waals surface area contributed by atoms with Gasteiger partial charge in [0.1, 0.15) is 12.1 Å². The van der Waals surface area contributed by atoms with Crippen LogP contribution in [0.2, 0.25) is 0 Å². The van der Waals surface area contributed by atoms with Gasteiger partial charge >= 0.3 is 6.03 Å². The SMILES string of the molecule is CC[C@@H](C)NC(=O)CN1C(=O)N[C@@]2(CCc3ccccc32)C1=O. The summed E-state index contributed by atoms with van der Waals surface area (Å²) < 4.78 is 0. The zero-order chi connectivity index (χ0) is 16.6. The van der Waals surface area contributed by atoms with Crippen LogP contribution < -0.4 is 10.6 Å². The van der Waals surface area contributed by atoms with Crippen LogP contribution in [0.1, 0.15) is 37.8 Å². The third-order valence-electron chi connectivity index (χ3n) is 4.74. The van der Waals surface area contributed by atoms with E-state index in [2.05, 4.69) is 10.6 Å². The van der Waals surface area contributed by atoms with Gasteiger partial charge in [-0.25, -0.2) is 4.79 Å². The van der Waals surface area contributed by atoms with Gasteiger partial charge in [0, 0.05) is 6.04 Å². The van der Waals surface area contributed by atoms with E-state index < -0.39 is 11.6 Å². The molecule has 2 aliphatic rings. The molecule has 1 aromatic carbocycles. The van der Waals surface area contributed by atoms with E-state index in [1.807, 2.05) is 38.1 Å². The number of nitrogens with one attached hydrogen (secondary N) is 2. The minimum Gasteiger partial charge on any atom is -0.352 e. The molecule has 1 heterocycles. The number of aryl methyl sites for hydroxylation is 1. The number of fused-ring (bicyclic) bond motifs is 2. The van der Waals surface area contributed by atoms with Gasteiger partial charge in [-0.15, -0.1) is 0 Å². The van der Waals surface area contributed by atoms with Crippen molar-refractivity contribution in [2.45, 2.75) is 44.7 Å². The standard InChI is InChI=1S/C17H21N3O3/c1-3-11(2)18-14(21)10-20-15(22)17(19-16(20)23)9-8-12-6-4-5-7-13(12)17/h4-7,11H,3,8-10H2,1-2H3,(H,18,21)(H,19,23)/t11-,17-/m1/s1. The largest absolute Gasteiger partial charge is 0.352 e. The van der Waals surface area contributed by atoms with Crippen molar-refractivity contribution in [2.24, 2.45) is 0 Å². The van der Waals surface area contributed by atoms with E-state index >= 15 is 0 Å². The minimum atomic E-state index is -0.996. The van der Waals surface area contributed by atoms with Crippen LogP contribution in [0.4, 0.5) is 4.79 Å². The van der Waals surface area contributed by atoms with Crippen LogP contribution in [-0.4, -0.2) is 35.3 Å². The van der Waals surface area contributed by atoms with Gasteiger partial charge in [0.05, 0.1) is 0 Å². The normalized spacial score (nSPS) is 23.8. The van der Waals surface area contributed by atoms with Gasteiger partial charge in [0.15, 0.2) is 0 Å². The molecule has 0 radical (unpaired) electrons. The summed E-state index contributed by atoms with van der Waals surface area (Å²) in [6.07, 6.45) is 2.08. The van der Waals surface area contributed by atoms with E-state index in [4.69, 9.17) is 0 Å². The molecule has 0 unspecified atom stereocenters. The first-order chi connectivity index (χ1) is 11.0. The van der Waals surface area contributed by atoms with Crippen LogP contribution in [0.25, 0.3) is 0 Å².